The summed E-state index contributed by atoms with van der Waals surface area (Å²) in [5, 5.41) is 0. The number of benzene rings is 1. The summed E-state index contributed by atoms with van der Waals surface area (Å²) in [4.78, 5) is 0. The van der Waals surface area contributed by atoms with Crippen molar-refractivity contribution in [2.75, 3.05) is 14.2 Å². The molecule has 68 valence electrons. The lowest BCUT2D eigenvalue weighted by atomic mass is 10.3. The summed E-state index contributed by atoms with van der Waals surface area (Å²) in [6.45, 7) is 0. The predicted molar refractivity (Wildman–Crippen MR) is 39.2 cm³/mol. The maximum absolute atomic E-state index is 12.0. The molecule has 0 bridgehead atoms. The molecule has 1 aromatic carbocycles. The smallest absolute Gasteiger partial charge is 0.194 e. The molecular weight excluding hydrogens is 169 g/mol. The summed E-state index contributed by atoms with van der Waals surface area (Å²) < 4.78 is 40.2. The molecule has 0 saturated carbocycles. The molecule has 12 heavy (non-hydrogen) atoms. The summed E-state index contributed by atoms with van der Waals surface area (Å²) in [5.74, 6) is -3.73. The topological polar surface area (TPSA) is 9.23 Å². The van der Waals surface area contributed by atoms with Crippen molar-refractivity contribution in [2.45, 2.75) is 0 Å². The number of rotatable bonds is 0. The largest absolute Gasteiger partial charge is 0.388 e. The lowest BCUT2D eigenvalue weighted by molar-refractivity contribution is 0.277. The second-order valence-corrected chi connectivity index (χ2v) is 1.94. The zero-order valence-electron chi connectivity index (χ0n) is 6.77. The van der Waals surface area contributed by atoms with Crippen molar-refractivity contribution >= 4 is 0 Å². The predicted octanol–water partition coefficient (Wildman–Crippen LogP) is 2.37. The highest BCUT2D eigenvalue weighted by molar-refractivity contribution is 5.07. The van der Waals surface area contributed by atoms with Gasteiger partial charge in [0, 0.05) is 14.2 Å². The van der Waals surface area contributed by atoms with Crippen molar-refractivity contribution in [1.29, 1.82) is 0 Å². The molecule has 0 radical (unpaired) electrons. The second kappa shape index (κ2) is 5.60. The van der Waals surface area contributed by atoms with Crippen LogP contribution in [-0.2, 0) is 4.74 Å². The molecule has 0 aliphatic rings. The van der Waals surface area contributed by atoms with Gasteiger partial charge in [0.1, 0.15) is 0 Å². The molecule has 0 spiro atoms. The van der Waals surface area contributed by atoms with Crippen LogP contribution in [-0.4, -0.2) is 14.2 Å². The minimum absolute atomic E-state index is 0.860. The zero-order valence-corrected chi connectivity index (χ0v) is 6.77. The zero-order chi connectivity index (χ0) is 9.56. The summed E-state index contributed by atoms with van der Waals surface area (Å²) in [5.41, 5.74) is 0. The van der Waals surface area contributed by atoms with E-state index in [0.29, 0.717) is 0 Å². The highest BCUT2D eigenvalue weighted by atomic mass is 19.2. The van der Waals surface area contributed by atoms with Gasteiger partial charge in [-0.05, 0) is 12.1 Å². The summed E-state index contributed by atoms with van der Waals surface area (Å²) in [6.07, 6.45) is 0. The second-order valence-electron chi connectivity index (χ2n) is 1.94. The fraction of sp³-hybridized carbons (Fsp3) is 0.250. The molecule has 0 aliphatic heterocycles. The maximum atomic E-state index is 12.0. The third kappa shape index (κ3) is 3.39. The van der Waals surface area contributed by atoms with Gasteiger partial charge in [0.25, 0.3) is 0 Å². The Morgan fingerprint density at radius 2 is 1.33 bits per heavy atom. The van der Waals surface area contributed by atoms with Crippen LogP contribution in [0.5, 0.6) is 0 Å². The molecule has 0 fully saturated rings. The van der Waals surface area contributed by atoms with Crippen molar-refractivity contribution in [3.05, 3.63) is 35.7 Å². The monoisotopic (exact) mass is 178 g/mol. The normalized spacial score (nSPS) is 8.75. The first-order valence-electron chi connectivity index (χ1n) is 3.13. The average Bonchev–Trinajstić information content (AvgIpc) is 2.02. The lowest BCUT2D eigenvalue weighted by Gasteiger charge is -1.90. The highest BCUT2D eigenvalue weighted by Crippen LogP contribution is 2.07. The van der Waals surface area contributed by atoms with Gasteiger partial charge >= 0.3 is 0 Å². The minimum atomic E-state index is -1.42. The van der Waals surface area contributed by atoms with Crippen LogP contribution in [0.4, 0.5) is 13.2 Å². The molecule has 0 aliphatic carbocycles. The van der Waals surface area contributed by atoms with E-state index in [1.165, 1.54) is 0 Å². The van der Waals surface area contributed by atoms with Gasteiger partial charge in [-0.3, -0.25) is 0 Å². The van der Waals surface area contributed by atoms with Crippen molar-refractivity contribution in [3.63, 3.8) is 0 Å². The van der Waals surface area contributed by atoms with Crippen molar-refractivity contribution in [2.24, 2.45) is 0 Å². The van der Waals surface area contributed by atoms with Gasteiger partial charge in [-0.15, -0.1) is 0 Å². The number of methoxy groups -OCH3 is 1. The molecule has 0 N–H and O–H groups in total. The van der Waals surface area contributed by atoms with Gasteiger partial charge < -0.3 is 4.74 Å². The van der Waals surface area contributed by atoms with Gasteiger partial charge in [-0.25, -0.2) is 13.2 Å². The number of halogens is 3. The van der Waals surface area contributed by atoms with Crippen LogP contribution in [0.3, 0.4) is 0 Å². The number of ether oxygens (including phenoxy) is 1. The third-order valence-electron chi connectivity index (χ3n) is 0.904. The molecule has 0 saturated heterocycles. The van der Waals surface area contributed by atoms with Crippen LogP contribution in [0.25, 0.3) is 0 Å². The molecule has 0 unspecified atom stereocenters. The standard InChI is InChI=1S/C6H3F3.C2H6O/c7-4-2-1-3-5(8)6(4)9;1-3-2/h1-3H;1-2H3. The van der Waals surface area contributed by atoms with Gasteiger partial charge in [-0.2, -0.15) is 0 Å². The molecule has 0 aromatic heterocycles. The molecule has 0 atom stereocenters. The summed E-state index contributed by atoms with van der Waals surface area (Å²) >= 11 is 0. The van der Waals surface area contributed by atoms with E-state index in [1.54, 1.807) is 14.2 Å². The fourth-order valence-electron chi connectivity index (χ4n) is 0.477. The van der Waals surface area contributed by atoms with Gasteiger partial charge in [0.2, 0.25) is 0 Å². The van der Waals surface area contributed by atoms with E-state index < -0.39 is 17.5 Å². The van der Waals surface area contributed by atoms with Crippen LogP contribution >= 0.6 is 0 Å². The molecule has 1 rings (SSSR count). The Balaban J connectivity index is 0.000000354. The molecular formula is C8H9F3O. The molecule has 1 nitrogen and oxygen atoms in total. The van der Waals surface area contributed by atoms with E-state index in [4.69, 9.17) is 0 Å². The van der Waals surface area contributed by atoms with Crippen molar-refractivity contribution in [3.8, 4) is 0 Å². The third-order valence-corrected chi connectivity index (χ3v) is 0.904. The quantitative estimate of drug-likeness (QED) is 0.554. The summed E-state index contributed by atoms with van der Waals surface area (Å²) in [6, 6.07) is 2.82. The first-order chi connectivity index (χ1) is 5.63. The molecule has 0 amide bonds. The van der Waals surface area contributed by atoms with E-state index in [1.807, 2.05) is 0 Å². The Morgan fingerprint density at radius 1 is 1.00 bits per heavy atom. The summed E-state index contributed by atoms with van der Waals surface area (Å²) in [7, 11) is 3.25. The molecule has 1 aromatic rings. The van der Waals surface area contributed by atoms with Crippen LogP contribution in [0.1, 0.15) is 0 Å². The van der Waals surface area contributed by atoms with E-state index >= 15 is 0 Å². The Hall–Kier alpha value is -1.03. The lowest BCUT2D eigenvalue weighted by Crippen LogP contribution is -1.86. The molecule has 4 heteroatoms. The van der Waals surface area contributed by atoms with E-state index in [9.17, 15) is 13.2 Å². The average molecular weight is 178 g/mol. The Labute approximate surface area is 68.8 Å². The number of hydrogen-bond donors (Lipinski definition) is 0. The van der Waals surface area contributed by atoms with E-state index in [-0.39, 0.29) is 0 Å². The van der Waals surface area contributed by atoms with Crippen molar-refractivity contribution in [1.82, 2.24) is 0 Å². The van der Waals surface area contributed by atoms with E-state index in [2.05, 4.69) is 4.74 Å². The molecule has 0 heterocycles. The Bertz CT molecular complexity index is 217. The van der Waals surface area contributed by atoms with Crippen LogP contribution < -0.4 is 0 Å². The van der Waals surface area contributed by atoms with Crippen LogP contribution in [0.15, 0.2) is 18.2 Å². The fourth-order valence-corrected chi connectivity index (χ4v) is 0.477. The first kappa shape index (κ1) is 11.0. The van der Waals surface area contributed by atoms with Crippen LogP contribution in [0.2, 0.25) is 0 Å². The number of hydrogen-bond acceptors (Lipinski definition) is 1. The van der Waals surface area contributed by atoms with E-state index in [0.717, 1.165) is 18.2 Å². The maximum Gasteiger partial charge on any atom is 0.194 e. The highest BCUT2D eigenvalue weighted by Gasteiger charge is 2.04. The Kier molecular flexibility index (Phi) is 5.12. The SMILES string of the molecule is COC.Fc1cccc(F)c1F. The van der Waals surface area contributed by atoms with Crippen LogP contribution in [0, 0.1) is 17.5 Å². The van der Waals surface area contributed by atoms with Gasteiger partial charge in [0.15, 0.2) is 17.5 Å². The van der Waals surface area contributed by atoms with Gasteiger partial charge in [-0.1, -0.05) is 6.07 Å². The van der Waals surface area contributed by atoms with Gasteiger partial charge in [0.05, 0.1) is 0 Å². The minimum Gasteiger partial charge on any atom is -0.388 e. The Morgan fingerprint density at radius 3 is 1.58 bits per heavy atom. The van der Waals surface area contributed by atoms with Crippen molar-refractivity contribution < 1.29 is 17.9 Å². The first-order valence-corrected chi connectivity index (χ1v) is 3.13.